The molecule has 1 fully saturated rings. The summed E-state index contributed by atoms with van der Waals surface area (Å²) in [6, 6.07) is 15.7. The first-order valence-corrected chi connectivity index (χ1v) is 12.5. The number of primary amides is 1. The smallest absolute Gasteiger partial charge is 0.352 e. The molecule has 0 saturated carbocycles. The zero-order valence-electron chi connectivity index (χ0n) is 20.9. The van der Waals surface area contributed by atoms with Crippen LogP contribution in [0.4, 0.5) is 5.69 Å². The second kappa shape index (κ2) is 10.1. The molecule has 38 heavy (non-hydrogen) atoms. The zero-order valence-corrected chi connectivity index (χ0v) is 20.9. The average Bonchev–Trinajstić information content (AvgIpc) is 3.60. The number of aromatic carboxylic acids is 1. The molecule has 0 aliphatic carbocycles. The van der Waals surface area contributed by atoms with Crippen LogP contribution in [0.15, 0.2) is 54.6 Å². The van der Waals surface area contributed by atoms with E-state index in [4.69, 9.17) is 5.73 Å². The van der Waals surface area contributed by atoms with Gasteiger partial charge in [0.2, 0.25) is 5.91 Å². The summed E-state index contributed by atoms with van der Waals surface area (Å²) in [6.45, 7) is 2.89. The number of para-hydroxylation sites is 1. The number of carbonyl (C=O) groups is 4. The number of nitrogens with two attached hydrogens (primary N) is 1. The van der Waals surface area contributed by atoms with Crippen molar-refractivity contribution in [2.75, 3.05) is 18.4 Å². The van der Waals surface area contributed by atoms with E-state index < -0.39 is 18.0 Å². The fourth-order valence-corrected chi connectivity index (χ4v) is 5.49. The Bertz CT molecular complexity index is 1480. The van der Waals surface area contributed by atoms with Crippen molar-refractivity contribution in [3.8, 4) is 0 Å². The number of ketones is 1. The molecule has 2 amide bonds. The maximum atomic E-state index is 13.9. The highest BCUT2D eigenvalue weighted by atomic mass is 16.4. The molecule has 4 N–H and O–H groups in total. The molecule has 2 aliphatic heterocycles. The minimum atomic E-state index is -1.24. The van der Waals surface area contributed by atoms with E-state index in [9.17, 15) is 24.3 Å². The summed E-state index contributed by atoms with van der Waals surface area (Å²) in [4.78, 5) is 53.9. The number of amides is 2. The van der Waals surface area contributed by atoms with E-state index in [2.05, 4.69) is 5.32 Å². The van der Waals surface area contributed by atoms with Gasteiger partial charge < -0.3 is 20.7 Å². The molecule has 5 rings (SSSR count). The van der Waals surface area contributed by atoms with E-state index in [1.54, 1.807) is 67.6 Å². The molecule has 2 aromatic carbocycles. The van der Waals surface area contributed by atoms with Crippen molar-refractivity contribution < 1.29 is 24.3 Å². The number of rotatable bonds is 8. The van der Waals surface area contributed by atoms with Crippen LogP contribution in [-0.2, 0) is 9.59 Å². The van der Waals surface area contributed by atoms with Crippen LogP contribution in [0.3, 0.4) is 0 Å². The summed E-state index contributed by atoms with van der Waals surface area (Å²) >= 11 is 0. The third kappa shape index (κ3) is 4.41. The highest BCUT2D eigenvalue weighted by Gasteiger charge is 2.36. The van der Waals surface area contributed by atoms with Crippen LogP contribution in [0.2, 0.25) is 0 Å². The van der Waals surface area contributed by atoms with Crippen molar-refractivity contribution >= 4 is 40.9 Å². The first-order chi connectivity index (χ1) is 18.3. The first kappa shape index (κ1) is 25.2. The number of carbonyl (C=O) groups excluding carboxylic acids is 3. The molecule has 2 aliphatic rings. The number of fused-ring (bicyclic) bond motifs is 1. The number of hydrogen-bond donors (Lipinski definition) is 3. The number of nitrogens with one attached hydrogen (secondary N) is 1. The molecule has 9 nitrogen and oxygen atoms in total. The second-order valence-corrected chi connectivity index (χ2v) is 9.56. The van der Waals surface area contributed by atoms with Crippen molar-refractivity contribution in [2.45, 2.75) is 32.4 Å². The van der Waals surface area contributed by atoms with Gasteiger partial charge in [0, 0.05) is 29.9 Å². The van der Waals surface area contributed by atoms with Crippen molar-refractivity contribution in [1.29, 1.82) is 0 Å². The van der Waals surface area contributed by atoms with Crippen LogP contribution in [-0.4, -0.2) is 51.2 Å². The maximum Gasteiger partial charge on any atom is 0.352 e. The van der Waals surface area contributed by atoms with Crippen LogP contribution >= 0.6 is 0 Å². The van der Waals surface area contributed by atoms with Crippen molar-refractivity contribution in [3.63, 3.8) is 0 Å². The zero-order chi connectivity index (χ0) is 27.0. The van der Waals surface area contributed by atoms with Gasteiger partial charge in [0.1, 0.15) is 5.69 Å². The molecule has 0 radical (unpaired) electrons. The minimum Gasteiger partial charge on any atom is -0.477 e. The lowest BCUT2D eigenvalue weighted by atomic mass is 9.97. The predicted molar refractivity (Wildman–Crippen MR) is 143 cm³/mol. The van der Waals surface area contributed by atoms with E-state index in [0.29, 0.717) is 35.5 Å². The summed E-state index contributed by atoms with van der Waals surface area (Å²) < 4.78 is 1.52. The van der Waals surface area contributed by atoms with Crippen molar-refractivity contribution in [1.82, 2.24) is 9.47 Å². The van der Waals surface area contributed by atoms with Gasteiger partial charge in [-0.25, -0.2) is 4.79 Å². The number of carboxylic acids is 1. The SMILES string of the molecule is Cc1c(C(=O)c2ccccc2)c(C=C2C(=O)Nc3ccccc32)n(C(CC(N)=O)N2CCCC2)c1C(=O)O. The Kier molecular flexibility index (Phi) is 6.69. The number of anilines is 1. The average molecular weight is 513 g/mol. The van der Waals surface area contributed by atoms with E-state index >= 15 is 0 Å². The third-order valence-electron chi connectivity index (χ3n) is 7.19. The molecule has 194 valence electrons. The van der Waals surface area contributed by atoms with Gasteiger partial charge in [-0.3, -0.25) is 19.3 Å². The van der Waals surface area contributed by atoms with E-state index in [1.165, 1.54) is 4.57 Å². The van der Waals surface area contributed by atoms with E-state index in [0.717, 1.165) is 12.8 Å². The van der Waals surface area contributed by atoms with Crippen LogP contribution in [0, 0.1) is 6.92 Å². The number of aromatic nitrogens is 1. The Morgan fingerprint density at radius 2 is 1.71 bits per heavy atom. The summed E-state index contributed by atoms with van der Waals surface area (Å²) in [6.07, 6.45) is 2.47. The minimum absolute atomic E-state index is 0.110. The molecule has 3 aromatic rings. The summed E-state index contributed by atoms with van der Waals surface area (Å²) in [7, 11) is 0. The summed E-state index contributed by atoms with van der Waals surface area (Å²) in [5.41, 5.74) is 8.19. The fourth-order valence-electron chi connectivity index (χ4n) is 5.49. The number of hydrogen-bond acceptors (Lipinski definition) is 5. The summed E-state index contributed by atoms with van der Waals surface area (Å²) in [5.74, 6) is -2.57. The van der Waals surface area contributed by atoms with Gasteiger partial charge in [0.25, 0.3) is 5.91 Å². The lowest BCUT2D eigenvalue weighted by Crippen LogP contribution is -2.36. The third-order valence-corrected chi connectivity index (χ3v) is 7.19. The van der Waals surface area contributed by atoms with Gasteiger partial charge in [-0.15, -0.1) is 0 Å². The molecule has 1 aromatic heterocycles. The lowest BCUT2D eigenvalue weighted by Gasteiger charge is -2.30. The Morgan fingerprint density at radius 3 is 2.37 bits per heavy atom. The standard InChI is InChI=1S/C29H28N4O5/c1-17-25(27(35)18-9-3-2-4-10-18)22(15-20-19-11-5-6-12-21(19)31-28(20)36)33(26(17)29(37)38)24(16-23(30)34)32-13-7-8-14-32/h2-6,9-12,15,24H,7-8,13-14,16H2,1H3,(H2,30,34)(H,31,36)(H,37,38). The van der Waals surface area contributed by atoms with Gasteiger partial charge in [0.05, 0.1) is 29.4 Å². The quantitative estimate of drug-likeness (QED) is 0.311. The van der Waals surface area contributed by atoms with Gasteiger partial charge in [-0.05, 0) is 37.5 Å². The number of likely N-dealkylation sites (tertiary alicyclic amines) is 1. The highest BCUT2D eigenvalue weighted by Crippen LogP contribution is 2.38. The van der Waals surface area contributed by atoms with Gasteiger partial charge in [0.15, 0.2) is 5.78 Å². The van der Waals surface area contributed by atoms with Crippen molar-refractivity contribution in [3.05, 3.63) is 88.2 Å². The molecule has 1 saturated heterocycles. The largest absolute Gasteiger partial charge is 0.477 e. The molecule has 9 heteroatoms. The predicted octanol–water partition coefficient (Wildman–Crippen LogP) is 3.69. The Morgan fingerprint density at radius 1 is 1.05 bits per heavy atom. The fraction of sp³-hybridized carbons (Fsp3) is 0.241. The molecule has 0 spiro atoms. The number of carboxylic acid groups (broad SMARTS) is 1. The molecule has 0 bridgehead atoms. The molecular formula is C29H28N4O5. The Balaban J connectivity index is 1.83. The Hall–Kier alpha value is -4.50. The van der Waals surface area contributed by atoms with Crippen LogP contribution in [0.25, 0.3) is 11.6 Å². The number of benzene rings is 2. The second-order valence-electron chi connectivity index (χ2n) is 9.56. The Labute approximate surface area is 219 Å². The van der Waals surface area contributed by atoms with Gasteiger partial charge in [-0.1, -0.05) is 48.5 Å². The van der Waals surface area contributed by atoms with Crippen molar-refractivity contribution in [2.24, 2.45) is 5.73 Å². The lowest BCUT2D eigenvalue weighted by molar-refractivity contribution is -0.120. The number of nitrogens with zero attached hydrogens (tertiary/aromatic N) is 2. The molecule has 1 atom stereocenters. The normalized spacial score (nSPS) is 16.9. The molecule has 3 heterocycles. The van der Waals surface area contributed by atoms with Crippen LogP contribution in [0.5, 0.6) is 0 Å². The van der Waals surface area contributed by atoms with E-state index in [1.807, 2.05) is 4.90 Å². The monoisotopic (exact) mass is 512 g/mol. The van der Waals surface area contributed by atoms with E-state index in [-0.39, 0.29) is 40.6 Å². The first-order valence-electron chi connectivity index (χ1n) is 12.5. The van der Waals surface area contributed by atoms with Gasteiger partial charge >= 0.3 is 5.97 Å². The maximum absolute atomic E-state index is 13.9. The molecular weight excluding hydrogens is 484 g/mol. The van der Waals surface area contributed by atoms with Crippen LogP contribution < -0.4 is 11.1 Å². The highest BCUT2D eigenvalue weighted by molar-refractivity contribution is 6.35. The van der Waals surface area contributed by atoms with Gasteiger partial charge in [-0.2, -0.15) is 0 Å². The topological polar surface area (TPSA) is 135 Å². The molecule has 1 unspecified atom stereocenters. The summed E-state index contributed by atoms with van der Waals surface area (Å²) in [5, 5.41) is 13.2. The van der Waals surface area contributed by atoms with Crippen LogP contribution in [0.1, 0.15) is 68.7 Å².